The minimum atomic E-state index is 0.0574. The van der Waals surface area contributed by atoms with Crippen molar-refractivity contribution in [3.8, 4) is 12.3 Å². The van der Waals surface area contributed by atoms with Crippen molar-refractivity contribution in [2.45, 2.75) is 13.3 Å². The van der Waals surface area contributed by atoms with Gasteiger partial charge in [0.1, 0.15) is 6.61 Å². The summed E-state index contributed by atoms with van der Waals surface area (Å²) in [5, 5.41) is 0. The molecule has 0 heterocycles. The number of hydrogen-bond donors (Lipinski definition) is 0. The Morgan fingerprint density at radius 1 is 1.73 bits per heavy atom. The summed E-state index contributed by atoms with van der Waals surface area (Å²) in [4.78, 5) is 10.4. The fourth-order valence-electron chi connectivity index (χ4n) is 0.532. The zero-order valence-electron chi connectivity index (χ0n) is 6.67. The molecule has 0 aromatic heterocycles. The van der Waals surface area contributed by atoms with E-state index in [1.165, 1.54) is 13.0 Å². The molecule has 0 radical (unpaired) electrons. The Morgan fingerprint density at radius 3 is 3.00 bits per heavy atom. The number of terminal acetylenes is 1. The van der Waals surface area contributed by atoms with Crippen LogP contribution in [0.3, 0.4) is 0 Å². The quantitative estimate of drug-likeness (QED) is 0.336. The first-order chi connectivity index (χ1) is 5.27. The third-order valence-electron chi connectivity index (χ3n) is 0.967. The lowest BCUT2D eigenvalue weighted by atomic mass is 10.3. The van der Waals surface area contributed by atoms with E-state index in [9.17, 15) is 4.79 Å². The normalized spacial score (nSPS) is 9.82. The second kappa shape index (κ2) is 7.04. The Labute approximate surface area is 67.2 Å². The minimum absolute atomic E-state index is 0.0574. The number of ketones is 1. The van der Waals surface area contributed by atoms with Gasteiger partial charge in [-0.1, -0.05) is 12.0 Å². The first-order valence-electron chi connectivity index (χ1n) is 3.45. The summed E-state index contributed by atoms with van der Waals surface area (Å²) in [6.45, 7) is 2.43. The van der Waals surface area contributed by atoms with Gasteiger partial charge in [-0.15, -0.1) is 6.42 Å². The summed E-state index contributed by atoms with van der Waals surface area (Å²) in [7, 11) is 0. The number of allylic oxidation sites excluding steroid dienone is 1. The van der Waals surface area contributed by atoms with E-state index in [1.807, 2.05) is 0 Å². The van der Waals surface area contributed by atoms with Gasteiger partial charge in [0, 0.05) is 0 Å². The summed E-state index contributed by atoms with van der Waals surface area (Å²) < 4.78 is 4.97. The lowest BCUT2D eigenvalue weighted by Gasteiger charge is -1.93. The van der Waals surface area contributed by atoms with E-state index >= 15 is 0 Å². The first kappa shape index (κ1) is 9.93. The van der Waals surface area contributed by atoms with Crippen molar-refractivity contribution in [3.05, 3.63) is 12.2 Å². The molecule has 0 saturated heterocycles. The summed E-state index contributed by atoms with van der Waals surface area (Å²) in [5.41, 5.74) is 0. The number of rotatable bonds is 5. The van der Waals surface area contributed by atoms with E-state index in [0.717, 1.165) is 6.42 Å². The third-order valence-corrected chi connectivity index (χ3v) is 0.967. The van der Waals surface area contributed by atoms with Crippen LogP contribution in [0.25, 0.3) is 0 Å². The van der Waals surface area contributed by atoms with Crippen LogP contribution < -0.4 is 0 Å². The highest BCUT2D eigenvalue weighted by Crippen LogP contribution is 1.85. The Morgan fingerprint density at radius 2 is 2.45 bits per heavy atom. The van der Waals surface area contributed by atoms with Gasteiger partial charge in [-0.25, -0.2) is 0 Å². The van der Waals surface area contributed by atoms with Gasteiger partial charge in [-0.3, -0.25) is 4.79 Å². The van der Waals surface area contributed by atoms with E-state index in [4.69, 9.17) is 11.2 Å². The van der Waals surface area contributed by atoms with Crippen molar-refractivity contribution < 1.29 is 9.53 Å². The predicted octanol–water partition coefficient (Wildman–Crippen LogP) is 1.17. The first-order valence-corrected chi connectivity index (χ1v) is 3.45. The highest BCUT2D eigenvalue weighted by Gasteiger charge is 1.83. The number of carbonyl (C=O) groups is 1. The van der Waals surface area contributed by atoms with E-state index in [0.29, 0.717) is 13.2 Å². The molecule has 0 aliphatic heterocycles. The lowest BCUT2D eigenvalue weighted by Crippen LogP contribution is -1.92. The van der Waals surface area contributed by atoms with Crippen LogP contribution in [0.2, 0.25) is 0 Å². The maximum absolute atomic E-state index is 10.4. The van der Waals surface area contributed by atoms with E-state index in [2.05, 4.69) is 5.92 Å². The van der Waals surface area contributed by atoms with Crippen LogP contribution in [0.1, 0.15) is 13.3 Å². The van der Waals surface area contributed by atoms with E-state index in [-0.39, 0.29) is 5.78 Å². The second-order valence-electron chi connectivity index (χ2n) is 2.06. The fraction of sp³-hybridized carbons (Fsp3) is 0.444. The molecular weight excluding hydrogens is 140 g/mol. The maximum atomic E-state index is 10.4. The smallest absolute Gasteiger partial charge is 0.152 e. The Balaban J connectivity index is 3.15. The minimum Gasteiger partial charge on any atom is -0.368 e. The topological polar surface area (TPSA) is 26.3 Å². The van der Waals surface area contributed by atoms with Crippen molar-refractivity contribution in [3.63, 3.8) is 0 Å². The summed E-state index contributed by atoms with van der Waals surface area (Å²) in [5.74, 6) is 2.41. The van der Waals surface area contributed by atoms with Crippen molar-refractivity contribution in [1.82, 2.24) is 0 Å². The molecule has 2 nitrogen and oxygen atoms in total. The van der Waals surface area contributed by atoms with E-state index in [1.54, 1.807) is 6.08 Å². The average molecular weight is 152 g/mol. The molecule has 0 aliphatic carbocycles. The van der Waals surface area contributed by atoms with Gasteiger partial charge < -0.3 is 4.74 Å². The third kappa shape index (κ3) is 8.93. The summed E-state index contributed by atoms with van der Waals surface area (Å²) in [6.07, 6.45) is 8.99. The van der Waals surface area contributed by atoms with Crippen molar-refractivity contribution >= 4 is 5.78 Å². The molecule has 11 heavy (non-hydrogen) atoms. The molecule has 0 unspecified atom stereocenters. The monoisotopic (exact) mass is 152 g/mol. The standard InChI is InChI=1S/C9H12O2/c1-3-7-11-8-5-4-6-9(2)10/h1,4,6H,5,7-8H2,2H3/b6-4+. The zero-order valence-corrected chi connectivity index (χ0v) is 6.67. The molecule has 0 aromatic carbocycles. The van der Waals surface area contributed by atoms with Crippen LogP contribution in [0.15, 0.2) is 12.2 Å². The van der Waals surface area contributed by atoms with Gasteiger partial charge in [0.25, 0.3) is 0 Å². The molecule has 0 fully saturated rings. The van der Waals surface area contributed by atoms with Crippen molar-refractivity contribution in [1.29, 1.82) is 0 Å². The fourth-order valence-corrected chi connectivity index (χ4v) is 0.532. The molecule has 0 bridgehead atoms. The molecule has 0 saturated carbocycles. The van der Waals surface area contributed by atoms with Crippen LogP contribution in [0.4, 0.5) is 0 Å². The Bertz CT molecular complexity index is 174. The summed E-state index contributed by atoms with van der Waals surface area (Å²) in [6, 6.07) is 0. The second-order valence-corrected chi connectivity index (χ2v) is 2.06. The molecule has 0 atom stereocenters. The number of ether oxygens (including phenoxy) is 1. The molecule has 60 valence electrons. The highest BCUT2D eigenvalue weighted by molar-refractivity contribution is 5.87. The van der Waals surface area contributed by atoms with Crippen LogP contribution in [-0.2, 0) is 9.53 Å². The zero-order chi connectivity index (χ0) is 8.53. The Kier molecular flexibility index (Phi) is 6.36. The number of carbonyl (C=O) groups excluding carboxylic acids is 1. The van der Waals surface area contributed by atoms with Crippen molar-refractivity contribution in [2.24, 2.45) is 0 Å². The van der Waals surface area contributed by atoms with Gasteiger partial charge >= 0.3 is 0 Å². The highest BCUT2D eigenvalue weighted by atomic mass is 16.5. The SMILES string of the molecule is C#CCOCC/C=C/C(C)=O. The average Bonchev–Trinajstić information content (AvgIpc) is 1.96. The van der Waals surface area contributed by atoms with Crippen LogP contribution in [0.5, 0.6) is 0 Å². The summed E-state index contributed by atoms with van der Waals surface area (Å²) >= 11 is 0. The Hall–Kier alpha value is -1.07. The molecule has 0 N–H and O–H groups in total. The van der Waals surface area contributed by atoms with Gasteiger partial charge in [0.05, 0.1) is 6.61 Å². The van der Waals surface area contributed by atoms with Crippen molar-refractivity contribution in [2.75, 3.05) is 13.2 Å². The molecule has 0 amide bonds. The molecule has 0 rings (SSSR count). The van der Waals surface area contributed by atoms with E-state index < -0.39 is 0 Å². The lowest BCUT2D eigenvalue weighted by molar-refractivity contribution is -0.112. The maximum Gasteiger partial charge on any atom is 0.152 e. The predicted molar refractivity (Wildman–Crippen MR) is 44.1 cm³/mol. The molecule has 0 aliphatic rings. The molecule has 2 heteroatoms. The molecule has 0 aromatic rings. The van der Waals surface area contributed by atoms with Gasteiger partial charge in [-0.2, -0.15) is 0 Å². The van der Waals surface area contributed by atoms with Gasteiger partial charge in [0.2, 0.25) is 0 Å². The molecule has 0 spiro atoms. The van der Waals surface area contributed by atoms with Gasteiger partial charge in [0.15, 0.2) is 5.78 Å². The number of hydrogen-bond acceptors (Lipinski definition) is 2. The van der Waals surface area contributed by atoms with Crippen LogP contribution in [0, 0.1) is 12.3 Å². The largest absolute Gasteiger partial charge is 0.368 e. The van der Waals surface area contributed by atoms with Gasteiger partial charge in [-0.05, 0) is 19.4 Å². The van der Waals surface area contributed by atoms with Crippen LogP contribution in [-0.4, -0.2) is 19.0 Å². The van der Waals surface area contributed by atoms with Crippen LogP contribution >= 0.6 is 0 Å². The molecular formula is C9H12O2.